The topological polar surface area (TPSA) is 24.1 Å². The van der Waals surface area contributed by atoms with Gasteiger partial charge in [-0.3, -0.25) is 0 Å². The van der Waals surface area contributed by atoms with E-state index in [1.54, 1.807) is 0 Å². The van der Waals surface area contributed by atoms with Gasteiger partial charge in [0.05, 0.1) is 0 Å². The van der Waals surface area contributed by atoms with Crippen molar-refractivity contribution in [1.82, 2.24) is 0 Å². The average Bonchev–Trinajstić information content (AvgIpc) is 2.59. The number of hydrogen-bond acceptors (Lipinski definition) is 2. The fourth-order valence-corrected chi connectivity index (χ4v) is 8.94. The fourth-order valence-electron chi connectivity index (χ4n) is 3.30. The van der Waals surface area contributed by atoms with Crippen LogP contribution in [0, 0.1) is 0 Å². The summed E-state index contributed by atoms with van der Waals surface area (Å²) in [5.74, 6) is 0. The third-order valence-electron chi connectivity index (χ3n) is 5.79. The summed E-state index contributed by atoms with van der Waals surface area (Å²) in [6.45, 7) is 14.1. The first-order valence-electron chi connectivity index (χ1n) is 9.19. The van der Waals surface area contributed by atoms with Gasteiger partial charge < -0.3 is 9.96 Å². The Labute approximate surface area is 140 Å². The van der Waals surface area contributed by atoms with Gasteiger partial charge >= 0.3 is 0 Å². The van der Waals surface area contributed by atoms with E-state index >= 15 is 0 Å². The monoisotopic (exact) mass is 336 g/mol. The maximum absolute atomic E-state index is 4.00. The van der Waals surface area contributed by atoms with Gasteiger partial charge in [0.15, 0.2) is 16.5 Å². The highest BCUT2D eigenvalue weighted by Gasteiger charge is 2.30. The molecule has 0 saturated heterocycles. The summed E-state index contributed by atoms with van der Waals surface area (Å²) in [6, 6.07) is 16.7. The molecule has 0 amide bonds. The van der Waals surface area contributed by atoms with Crippen molar-refractivity contribution >= 4 is 27.8 Å². The van der Waals surface area contributed by atoms with Crippen LogP contribution in [0.25, 0.3) is 0 Å². The summed E-state index contributed by atoms with van der Waals surface area (Å²) in [5, 5.41) is 0. The molecular formula is C18H36N2Si2. The Morgan fingerprint density at radius 2 is 0.864 bits per heavy atom. The summed E-state index contributed by atoms with van der Waals surface area (Å²) in [7, 11) is -2.74. The minimum Gasteiger partial charge on any atom is -0.408 e. The molecule has 0 radical (unpaired) electrons. The molecular weight excluding hydrogens is 300 g/mol. The first-order chi connectivity index (χ1) is 10.5. The van der Waals surface area contributed by atoms with Gasteiger partial charge in [-0.1, -0.05) is 53.7 Å². The van der Waals surface area contributed by atoms with Crippen LogP contribution < -0.4 is 9.96 Å². The van der Waals surface area contributed by atoms with Crippen molar-refractivity contribution in [3.63, 3.8) is 0 Å². The highest BCUT2D eigenvalue weighted by atomic mass is 28.3. The summed E-state index contributed by atoms with van der Waals surface area (Å²) >= 11 is 0. The highest BCUT2D eigenvalue weighted by molar-refractivity contribution is 6.84. The standard InChI is InChI=1S/C18H36N2Si2/c1-7-21(8-2,9-3)19-17-15-13-14-16-18(17)20-22(10-4,11-5)12-6/h13-16,19-20H,7-12H2,1-6H3. The third kappa shape index (κ3) is 4.38. The molecule has 126 valence electrons. The molecule has 0 aliphatic rings. The van der Waals surface area contributed by atoms with Gasteiger partial charge in [-0.25, -0.2) is 0 Å². The van der Waals surface area contributed by atoms with E-state index in [2.05, 4.69) is 75.8 Å². The second kappa shape index (κ2) is 8.77. The molecule has 1 aromatic carbocycles. The van der Waals surface area contributed by atoms with Crippen LogP contribution in [0.2, 0.25) is 36.3 Å². The molecule has 2 N–H and O–H groups in total. The van der Waals surface area contributed by atoms with Crippen molar-refractivity contribution in [3.8, 4) is 0 Å². The van der Waals surface area contributed by atoms with Crippen LogP contribution >= 0.6 is 0 Å². The molecule has 0 aliphatic carbocycles. The first-order valence-corrected chi connectivity index (χ1v) is 14.4. The summed E-state index contributed by atoms with van der Waals surface area (Å²) < 4.78 is 0. The lowest BCUT2D eigenvalue weighted by Crippen LogP contribution is -2.44. The lowest BCUT2D eigenvalue weighted by atomic mass is 10.3. The molecule has 0 aliphatic heterocycles. The molecule has 0 atom stereocenters. The molecule has 0 fully saturated rings. The Morgan fingerprint density at radius 1 is 0.591 bits per heavy atom. The quantitative estimate of drug-likeness (QED) is 0.475. The van der Waals surface area contributed by atoms with E-state index in [-0.39, 0.29) is 0 Å². The third-order valence-corrected chi connectivity index (χ3v) is 15.5. The Hall–Kier alpha value is -0.746. The van der Waals surface area contributed by atoms with E-state index < -0.39 is 16.5 Å². The number of benzene rings is 1. The van der Waals surface area contributed by atoms with Crippen molar-refractivity contribution in [1.29, 1.82) is 0 Å². The van der Waals surface area contributed by atoms with Crippen molar-refractivity contribution in [2.45, 2.75) is 77.8 Å². The van der Waals surface area contributed by atoms with Crippen LogP contribution in [-0.4, -0.2) is 16.5 Å². The van der Waals surface area contributed by atoms with Crippen LogP contribution in [0.4, 0.5) is 11.4 Å². The molecule has 0 aromatic heterocycles. The SMILES string of the molecule is CC[Si](CC)(CC)Nc1ccccc1N[Si](CC)(CC)CC. The summed E-state index contributed by atoms with van der Waals surface area (Å²) in [4.78, 5) is 8.01. The zero-order valence-corrected chi connectivity index (χ0v) is 17.6. The molecule has 1 aromatic rings. The highest BCUT2D eigenvalue weighted by Crippen LogP contribution is 2.32. The molecule has 0 heterocycles. The molecule has 0 spiro atoms. The molecule has 2 nitrogen and oxygen atoms in total. The van der Waals surface area contributed by atoms with Crippen LogP contribution in [0.15, 0.2) is 24.3 Å². The predicted octanol–water partition coefficient (Wildman–Crippen LogP) is 6.52. The van der Waals surface area contributed by atoms with Gasteiger partial charge in [-0.05, 0) is 48.4 Å². The molecule has 1 rings (SSSR count). The average molecular weight is 337 g/mol. The number of anilines is 2. The molecule has 0 bridgehead atoms. The lowest BCUT2D eigenvalue weighted by Gasteiger charge is -2.35. The second-order valence-corrected chi connectivity index (χ2v) is 16.3. The number of rotatable bonds is 10. The smallest absolute Gasteiger partial charge is 0.152 e. The Balaban J connectivity index is 3.09. The maximum Gasteiger partial charge on any atom is 0.152 e. The van der Waals surface area contributed by atoms with E-state index in [1.807, 2.05) is 0 Å². The second-order valence-electron chi connectivity index (χ2n) is 6.48. The van der Waals surface area contributed by atoms with Crippen molar-refractivity contribution in [2.24, 2.45) is 0 Å². The van der Waals surface area contributed by atoms with E-state index in [0.717, 1.165) is 0 Å². The van der Waals surface area contributed by atoms with E-state index in [9.17, 15) is 0 Å². The van der Waals surface area contributed by atoms with Crippen LogP contribution in [0.1, 0.15) is 41.5 Å². The van der Waals surface area contributed by atoms with E-state index in [1.165, 1.54) is 47.6 Å². The van der Waals surface area contributed by atoms with Gasteiger partial charge in [0, 0.05) is 11.4 Å². The van der Waals surface area contributed by atoms with E-state index in [4.69, 9.17) is 0 Å². The Bertz CT molecular complexity index is 383. The Kier molecular flexibility index (Phi) is 7.70. The zero-order chi connectivity index (χ0) is 16.6. The van der Waals surface area contributed by atoms with Crippen molar-refractivity contribution in [3.05, 3.63) is 24.3 Å². The minimum atomic E-state index is -1.37. The fraction of sp³-hybridized carbons (Fsp3) is 0.667. The van der Waals surface area contributed by atoms with Crippen molar-refractivity contribution < 1.29 is 0 Å². The summed E-state index contributed by atoms with van der Waals surface area (Å²) in [5.41, 5.74) is 2.68. The van der Waals surface area contributed by atoms with Crippen molar-refractivity contribution in [2.75, 3.05) is 9.96 Å². The predicted molar refractivity (Wildman–Crippen MR) is 108 cm³/mol. The van der Waals surface area contributed by atoms with Crippen LogP contribution in [0.3, 0.4) is 0 Å². The zero-order valence-electron chi connectivity index (χ0n) is 15.6. The molecule has 0 saturated carbocycles. The maximum atomic E-state index is 4.00. The van der Waals surface area contributed by atoms with Gasteiger partial charge in [-0.2, -0.15) is 0 Å². The van der Waals surface area contributed by atoms with Crippen LogP contribution in [-0.2, 0) is 0 Å². The number of nitrogens with one attached hydrogen (secondary N) is 2. The van der Waals surface area contributed by atoms with Gasteiger partial charge in [-0.15, -0.1) is 0 Å². The molecule has 0 unspecified atom stereocenters. The number of para-hydroxylation sites is 2. The molecule has 22 heavy (non-hydrogen) atoms. The van der Waals surface area contributed by atoms with Gasteiger partial charge in [0.25, 0.3) is 0 Å². The largest absolute Gasteiger partial charge is 0.408 e. The normalized spacial score (nSPS) is 12.3. The van der Waals surface area contributed by atoms with Gasteiger partial charge in [0.1, 0.15) is 0 Å². The molecule has 4 heteroatoms. The minimum absolute atomic E-state index is 1.30. The first kappa shape index (κ1) is 19.3. The summed E-state index contributed by atoms with van der Waals surface area (Å²) in [6.07, 6.45) is 0. The Morgan fingerprint density at radius 3 is 1.09 bits per heavy atom. The lowest BCUT2D eigenvalue weighted by molar-refractivity contribution is 1.16. The van der Waals surface area contributed by atoms with Gasteiger partial charge in [0.2, 0.25) is 0 Å². The van der Waals surface area contributed by atoms with Crippen LogP contribution in [0.5, 0.6) is 0 Å². The van der Waals surface area contributed by atoms with E-state index in [0.29, 0.717) is 0 Å². The number of hydrogen-bond donors (Lipinski definition) is 2.